The lowest BCUT2D eigenvalue weighted by atomic mass is 10.2. The average Bonchev–Trinajstić information content (AvgIpc) is 2.96. The van der Waals surface area contributed by atoms with E-state index in [1.54, 1.807) is 18.2 Å². The molecule has 0 unspecified atom stereocenters. The number of ether oxygens (including phenoxy) is 1. The molecule has 1 aromatic carbocycles. The number of aromatic amines is 1. The number of hydrogen-bond acceptors (Lipinski definition) is 5. The van der Waals surface area contributed by atoms with Gasteiger partial charge >= 0.3 is 5.97 Å². The number of aromatic nitrogens is 3. The number of hydrogen-bond donors (Lipinski definition) is 2. The van der Waals surface area contributed by atoms with Crippen molar-refractivity contribution in [2.24, 2.45) is 0 Å². The summed E-state index contributed by atoms with van der Waals surface area (Å²) < 4.78 is 5.71. The van der Waals surface area contributed by atoms with E-state index in [0.29, 0.717) is 33.7 Å². The van der Waals surface area contributed by atoms with Crippen molar-refractivity contribution >= 4 is 35.4 Å². The first-order valence-corrected chi connectivity index (χ1v) is 8.58. The molecule has 2 aromatic rings. The Bertz CT molecular complexity index is 759. The van der Waals surface area contributed by atoms with Gasteiger partial charge in [0, 0.05) is 17.0 Å². The number of H-pyrrole nitrogens is 1. The Morgan fingerprint density at radius 1 is 1.50 bits per heavy atom. The number of rotatable bonds is 7. The molecule has 0 bridgehead atoms. The molecule has 128 valence electrons. The summed E-state index contributed by atoms with van der Waals surface area (Å²) in [7, 11) is 0. The number of carboxylic acid groups (broad SMARTS) is 1. The minimum Gasteiger partial charge on any atom is -0.490 e. The van der Waals surface area contributed by atoms with Crippen molar-refractivity contribution in [3.05, 3.63) is 39.5 Å². The first-order chi connectivity index (χ1) is 11.4. The number of aliphatic carboxylic acids is 1. The Balaban J connectivity index is 2.36. The van der Waals surface area contributed by atoms with Crippen LogP contribution in [0.15, 0.2) is 28.3 Å². The van der Waals surface area contributed by atoms with E-state index in [4.69, 9.17) is 16.3 Å². The molecule has 0 radical (unpaired) electrons. The number of benzene rings is 1. The van der Waals surface area contributed by atoms with E-state index in [2.05, 4.69) is 15.2 Å². The molecule has 1 heterocycles. The van der Waals surface area contributed by atoms with Crippen LogP contribution in [0.4, 0.5) is 0 Å². The van der Waals surface area contributed by atoms with Crippen LogP contribution in [0, 0.1) is 0 Å². The van der Waals surface area contributed by atoms with E-state index in [0.717, 1.165) is 11.8 Å². The second-order valence-electron chi connectivity index (χ2n) is 5.18. The fraction of sp³-hybridized carbons (Fsp3) is 0.312. The lowest BCUT2D eigenvalue weighted by Crippen LogP contribution is -2.07. The molecule has 0 aliphatic heterocycles. The van der Waals surface area contributed by atoms with E-state index in [9.17, 15) is 9.90 Å². The molecule has 0 spiro atoms. The summed E-state index contributed by atoms with van der Waals surface area (Å²) in [6, 6.07) is 5.09. The molecule has 0 atom stereocenters. The average molecular weight is 368 g/mol. The summed E-state index contributed by atoms with van der Waals surface area (Å²) >= 11 is 7.00. The quantitative estimate of drug-likeness (QED) is 0.567. The van der Waals surface area contributed by atoms with Crippen LogP contribution in [0.25, 0.3) is 6.08 Å². The predicted octanol–water partition coefficient (Wildman–Crippen LogP) is 4.03. The van der Waals surface area contributed by atoms with Crippen LogP contribution in [0.2, 0.25) is 5.02 Å². The fourth-order valence-corrected chi connectivity index (χ4v) is 2.75. The van der Waals surface area contributed by atoms with Crippen LogP contribution in [0.1, 0.15) is 32.2 Å². The highest BCUT2D eigenvalue weighted by Crippen LogP contribution is 2.31. The summed E-state index contributed by atoms with van der Waals surface area (Å²) in [5.74, 6) is 0.199. The van der Waals surface area contributed by atoms with E-state index in [1.807, 2.05) is 20.8 Å². The molecular formula is C16H18ClN3O3S. The first-order valence-electron chi connectivity index (χ1n) is 7.39. The van der Waals surface area contributed by atoms with Gasteiger partial charge in [0.2, 0.25) is 5.16 Å². The third-order valence-electron chi connectivity index (χ3n) is 2.88. The van der Waals surface area contributed by atoms with E-state index in [-0.39, 0.29) is 11.0 Å². The molecule has 0 saturated carbocycles. The van der Waals surface area contributed by atoms with Gasteiger partial charge in [-0.05, 0) is 49.9 Å². The monoisotopic (exact) mass is 367 g/mol. The van der Waals surface area contributed by atoms with E-state index >= 15 is 0 Å². The molecule has 8 heteroatoms. The molecule has 0 aliphatic carbocycles. The second-order valence-corrected chi connectivity index (χ2v) is 6.63. The maximum absolute atomic E-state index is 11.6. The maximum Gasteiger partial charge on any atom is 0.342 e. The zero-order chi connectivity index (χ0) is 17.7. The second kappa shape index (κ2) is 8.21. The molecule has 6 nitrogen and oxygen atoms in total. The van der Waals surface area contributed by atoms with Gasteiger partial charge in [-0.3, -0.25) is 5.10 Å². The van der Waals surface area contributed by atoms with Crippen molar-refractivity contribution in [2.75, 3.05) is 0 Å². The zero-order valence-electron chi connectivity index (χ0n) is 13.5. The van der Waals surface area contributed by atoms with Crippen LogP contribution in [-0.2, 0) is 11.2 Å². The van der Waals surface area contributed by atoms with Crippen LogP contribution < -0.4 is 4.74 Å². The van der Waals surface area contributed by atoms with Gasteiger partial charge < -0.3 is 9.84 Å². The molecule has 0 saturated heterocycles. The minimum absolute atomic E-state index is 0.0422. The first kappa shape index (κ1) is 18.4. The Morgan fingerprint density at radius 3 is 2.83 bits per heavy atom. The van der Waals surface area contributed by atoms with Crippen LogP contribution in [0.3, 0.4) is 0 Å². The number of aryl methyl sites for hydroxylation is 1. The van der Waals surface area contributed by atoms with Crippen molar-refractivity contribution in [1.29, 1.82) is 0 Å². The van der Waals surface area contributed by atoms with Gasteiger partial charge in [-0.1, -0.05) is 18.5 Å². The molecule has 24 heavy (non-hydrogen) atoms. The number of nitrogens with one attached hydrogen (secondary N) is 1. The minimum atomic E-state index is -1.07. The van der Waals surface area contributed by atoms with Crippen molar-refractivity contribution in [2.45, 2.75) is 38.5 Å². The normalized spacial score (nSPS) is 11.8. The lowest BCUT2D eigenvalue weighted by Gasteiger charge is -2.13. The predicted molar refractivity (Wildman–Crippen MR) is 94.4 cm³/mol. The van der Waals surface area contributed by atoms with E-state index < -0.39 is 5.97 Å². The topological polar surface area (TPSA) is 88.1 Å². The van der Waals surface area contributed by atoms with Crippen molar-refractivity contribution in [1.82, 2.24) is 15.2 Å². The summed E-state index contributed by atoms with van der Waals surface area (Å²) in [4.78, 5) is 15.9. The molecule has 0 fully saturated rings. The Morgan fingerprint density at radius 2 is 2.25 bits per heavy atom. The van der Waals surface area contributed by atoms with Crippen molar-refractivity contribution < 1.29 is 14.6 Å². The van der Waals surface area contributed by atoms with Crippen LogP contribution in [0.5, 0.6) is 5.75 Å². The smallest absolute Gasteiger partial charge is 0.342 e. The highest BCUT2D eigenvalue weighted by atomic mass is 35.5. The van der Waals surface area contributed by atoms with Gasteiger partial charge in [-0.25, -0.2) is 9.78 Å². The summed E-state index contributed by atoms with van der Waals surface area (Å²) in [6.07, 6.45) is 2.17. The van der Waals surface area contributed by atoms with Crippen molar-refractivity contribution in [3.8, 4) is 5.75 Å². The molecule has 1 aromatic heterocycles. The molecule has 0 amide bonds. The molecular weight excluding hydrogens is 350 g/mol. The highest BCUT2D eigenvalue weighted by molar-refractivity contribution is 8.04. The number of carboxylic acids is 1. The van der Waals surface area contributed by atoms with E-state index in [1.165, 1.54) is 6.08 Å². The maximum atomic E-state index is 11.6. The van der Waals surface area contributed by atoms with Crippen LogP contribution >= 0.6 is 23.4 Å². The van der Waals surface area contributed by atoms with Crippen LogP contribution in [-0.4, -0.2) is 32.4 Å². The Hall–Kier alpha value is -1.99. The zero-order valence-corrected chi connectivity index (χ0v) is 15.1. The third-order valence-corrected chi connectivity index (χ3v) is 3.99. The van der Waals surface area contributed by atoms with Gasteiger partial charge in [0.15, 0.2) is 0 Å². The number of carbonyl (C=O) groups is 1. The van der Waals surface area contributed by atoms with Gasteiger partial charge in [0.25, 0.3) is 0 Å². The SMILES string of the molecule is CCc1nc(S/C(=C/c2cc(Cl)ccc2OC(C)C)C(=O)O)n[nH]1. The lowest BCUT2D eigenvalue weighted by molar-refractivity contribution is -0.131. The van der Waals surface area contributed by atoms with Crippen molar-refractivity contribution in [3.63, 3.8) is 0 Å². The molecule has 2 rings (SSSR count). The summed E-state index contributed by atoms with van der Waals surface area (Å²) in [5, 5.41) is 17.1. The Labute approximate surface area is 149 Å². The largest absolute Gasteiger partial charge is 0.490 e. The standard InChI is InChI=1S/C16H18ClN3O3S/c1-4-14-18-16(20-19-14)24-13(15(21)22)8-10-7-11(17)5-6-12(10)23-9(2)3/h5-9H,4H2,1-3H3,(H,21,22)(H,18,19,20)/b13-8+. The summed E-state index contributed by atoms with van der Waals surface area (Å²) in [6.45, 7) is 5.73. The summed E-state index contributed by atoms with van der Waals surface area (Å²) in [5.41, 5.74) is 0.590. The number of halogens is 1. The molecule has 2 N–H and O–H groups in total. The number of thioether (sulfide) groups is 1. The fourth-order valence-electron chi connectivity index (χ4n) is 1.85. The van der Waals surface area contributed by atoms with Gasteiger partial charge in [0.1, 0.15) is 16.5 Å². The molecule has 0 aliphatic rings. The Kier molecular flexibility index (Phi) is 6.28. The van der Waals surface area contributed by atoms with Gasteiger partial charge in [-0.2, -0.15) is 0 Å². The van der Waals surface area contributed by atoms with Gasteiger partial charge in [0.05, 0.1) is 6.10 Å². The van der Waals surface area contributed by atoms with Gasteiger partial charge in [-0.15, -0.1) is 5.10 Å². The highest BCUT2D eigenvalue weighted by Gasteiger charge is 2.15. The number of nitrogens with zero attached hydrogens (tertiary/aromatic N) is 2. The third kappa shape index (κ3) is 5.01.